The van der Waals surface area contributed by atoms with Gasteiger partial charge in [0.15, 0.2) is 5.16 Å². The summed E-state index contributed by atoms with van der Waals surface area (Å²) in [6, 6.07) is 13.3. The van der Waals surface area contributed by atoms with Crippen molar-refractivity contribution in [2.75, 3.05) is 31.7 Å². The summed E-state index contributed by atoms with van der Waals surface area (Å²) in [4.78, 5) is 31.6. The molecule has 3 rings (SSSR count). The average molecular weight is 426 g/mol. The second kappa shape index (κ2) is 9.91. The van der Waals surface area contributed by atoms with E-state index >= 15 is 0 Å². The summed E-state index contributed by atoms with van der Waals surface area (Å²) in [5.41, 5.74) is 3.54. The van der Waals surface area contributed by atoms with E-state index in [0.29, 0.717) is 22.6 Å². The first-order valence-electron chi connectivity index (χ1n) is 10.1. The molecule has 6 nitrogen and oxygen atoms in total. The smallest absolute Gasteiger partial charge is 0.262 e. The zero-order valence-corrected chi connectivity index (χ0v) is 18.8. The molecule has 158 valence electrons. The lowest BCUT2D eigenvalue weighted by Crippen LogP contribution is -3.05. The van der Waals surface area contributed by atoms with Gasteiger partial charge in [-0.05, 0) is 43.2 Å². The number of aromatic nitrogens is 2. The minimum atomic E-state index is -0.111. The van der Waals surface area contributed by atoms with E-state index in [1.165, 1.54) is 16.7 Å². The third-order valence-electron chi connectivity index (χ3n) is 4.88. The number of hydrogen-bond donors (Lipinski definition) is 2. The Morgan fingerprint density at radius 2 is 1.93 bits per heavy atom. The Labute approximate surface area is 181 Å². The molecular weight excluding hydrogens is 396 g/mol. The summed E-state index contributed by atoms with van der Waals surface area (Å²) in [5, 5.41) is 4.17. The van der Waals surface area contributed by atoms with Crippen molar-refractivity contribution in [2.45, 2.75) is 32.0 Å². The molecule has 0 aliphatic carbocycles. The highest BCUT2D eigenvalue weighted by atomic mass is 32.2. The molecular formula is C23H29N4O2S+. The van der Waals surface area contributed by atoms with Gasteiger partial charge in [-0.2, -0.15) is 0 Å². The van der Waals surface area contributed by atoms with Crippen LogP contribution in [-0.4, -0.2) is 41.9 Å². The molecule has 1 heterocycles. The van der Waals surface area contributed by atoms with Gasteiger partial charge in [0.05, 0.1) is 37.3 Å². The van der Waals surface area contributed by atoms with Crippen molar-refractivity contribution in [3.63, 3.8) is 0 Å². The maximum Gasteiger partial charge on any atom is 0.262 e. The fourth-order valence-electron chi connectivity index (χ4n) is 3.23. The van der Waals surface area contributed by atoms with Gasteiger partial charge in [-0.25, -0.2) is 4.98 Å². The van der Waals surface area contributed by atoms with E-state index in [0.717, 1.165) is 29.8 Å². The van der Waals surface area contributed by atoms with Crippen molar-refractivity contribution >= 4 is 34.3 Å². The fourth-order valence-corrected chi connectivity index (χ4v) is 4.06. The molecule has 0 bridgehead atoms. The van der Waals surface area contributed by atoms with Crippen LogP contribution < -0.4 is 15.8 Å². The van der Waals surface area contributed by atoms with Gasteiger partial charge < -0.3 is 10.2 Å². The predicted octanol–water partition coefficient (Wildman–Crippen LogP) is 2.28. The topological polar surface area (TPSA) is 68.4 Å². The molecule has 2 aromatic carbocycles. The van der Waals surface area contributed by atoms with Crippen LogP contribution in [0, 0.1) is 13.8 Å². The van der Waals surface area contributed by atoms with Crippen LogP contribution in [0.1, 0.15) is 17.5 Å². The number of nitrogens with zero attached hydrogens (tertiary/aromatic N) is 2. The summed E-state index contributed by atoms with van der Waals surface area (Å²) >= 11 is 1.31. The standard InChI is InChI=1S/C23H28N4O2S/c1-16-10-11-17(2)20(14-16)24-21(28)15-30-23-25-19-9-6-5-8-18(19)22(29)27(23)13-7-12-26(3)4/h5-6,8-11,14H,7,12-13,15H2,1-4H3,(H,24,28)/p+1. The van der Waals surface area contributed by atoms with Gasteiger partial charge in [-0.15, -0.1) is 0 Å². The molecule has 0 aliphatic heterocycles. The predicted molar refractivity (Wildman–Crippen MR) is 124 cm³/mol. The van der Waals surface area contributed by atoms with Crippen LogP contribution in [0.2, 0.25) is 0 Å². The van der Waals surface area contributed by atoms with Gasteiger partial charge in [0.2, 0.25) is 5.91 Å². The first kappa shape index (κ1) is 22.1. The molecule has 30 heavy (non-hydrogen) atoms. The number of rotatable bonds is 8. The zero-order chi connectivity index (χ0) is 21.7. The second-order valence-electron chi connectivity index (χ2n) is 7.83. The summed E-state index contributed by atoms with van der Waals surface area (Å²) in [6.45, 7) is 5.51. The molecule has 0 radical (unpaired) electrons. The van der Waals surface area contributed by atoms with Gasteiger partial charge in [0.1, 0.15) is 0 Å². The number of nitrogens with one attached hydrogen (secondary N) is 2. The zero-order valence-electron chi connectivity index (χ0n) is 18.0. The van der Waals surface area contributed by atoms with E-state index in [4.69, 9.17) is 0 Å². The van der Waals surface area contributed by atoms with Gasteiger partial charge in [-0.3, -0.25) is 14.2 Å². The van der Waals surface area contributed by atoms with Gasteiger partial charge in [0, 0.05) is 18.7 Å². The minimum absolute atomic E-state index is 0.0493. The van der Waals surface area contributed by atoms with Gasteiger partial charge >= 0.3 is 0 Å². The van der Waals surface area contributed by atoms with Crippen LogP contribution in [0.3, 0.4) is 0 Å². The number of fused-ring (bicyclic) bond motifs is 1. The van der Waals surface area contributed by atoms with Crippen LogP contribution in [0.15, 0.2) is 52.4 Å². The van der Waals surface area contributed by atoms with Crippen molar-refractivity contribution in [2.24, 2.45) is 0 Å². The van der Waals surface area contributed by atoms with Crippen LogP contribution in [-0.2, 0) is 11.3 Å². The number of quaternary nitrogens is 1. The number of hydrogen-bond acceptors (Lipinski definition) is 4. The van der Waals surface area contributed by atoms with Crippen molar-refractivity contribution in [1.29, 1.82) is 0 Å². The minimum Gasteiger partial charge on any atom is -0.340 e. The number of thioether (sulfide) groups is 1. The van der Waals surface area contributed by atoms with E-state index in [-0.39, 0.29) is 17.2 Å². The molecule has 1 aromatic heterocycles. The number of carbonyl (C=O) groups excluding carboxylic acids is 1. The highest BCUT2D eigenvalue weighted by Crippen LogP contribution is 2.20. The highest BCUT2D eigenvalue weighted by Gasteiger charge is 2.14. The molecule has 0 spiro atoms. The largest absolute Gasteiger partial charge is 0.340 e. The van der Waals surface area contributed by atoms with E-state index in [9.17, 15) is 9.59 Å². The Kier molecular flexibility index (Phi) is 7.29. The maximum atomic E-state index is 13.0. The number of para-hydroxylation sites is 1. The molecule has 0 fully saturated rings. The molecule has 0 unspecified atom stereocenters. The Morgan fingerprint density at radius 3 is 2.70 bits per heavy atom. The van der Waals surface area contributed by atoms with E-state index in [1.54, 1.807) is 10.6 Å². The lowest BCUT2D eigenvalue weighted by atomic mass is 10.1. The first-order valence-corrected chi connectivity index (χ1v) is 11.1. The van der Waals surface area contributed by atoms with E-state index < -0.39 is 0 Å². The molecule has 0 saturated heterocycles. The number of aryl methyl sites for hydroxylation is 2. The van der Waals surface area contributed by atoms with Gasteiger partial charge in [-0.1, -0.05) is 36.0 Å². The Hall–Kier alpha value is -2.64. The monoisotopic (exact) mass is 425 g/mol. The summed E-state index contributed by atoms with van der Waals surface area (Å²) in [6.07, 6.45) is 0.866. The van der Waals surface area contributed by atoms with Crippen molar-refractivity contribution in [3.8, 4) is 0 Å². The van der Waals surface area contributed by atoms with E-state index in [1.807, 2.05) is 50.2 Å². The van der Waals surface area contributed by atoms with E-state index in [2.05, 4.69) is 24.4 Å². The molecule has 7 heteroatoms. The number of carbonyl (C=O) groups is 1. The van der Waals surface area contributed by atoms with Crippen LogP contribution in [0.5, 0.6) is 0 Å². The summed E-state index contributed by atoms with van der Waals surface area (Å²) in [7, 11) is 4.18. The molecule has 0 aliphatic rings. The number of benzene rings is 2. The Bertz CT molecular complexity index is 1110. The quantitative estimate of drug-likeness (QED) is 0.429. The molecule has 0 saturated carbocycles. The molecule has 0 atom stereocenters. The molecule has 1 amide bonds. The first-order chi connectivity index (χ1) is 14.3. The second-order valence-corrected chi connectivity index (χ2v) is 8.78. The fraction of sp³-hybridized carbons (Fsp3) is 0.348. The van der Waals surface area contributed by atoms with Crippen LogP contribution in [0.25, 0.3) is 10.9 Å². The third kappa shape index (κ3) is 5.49. The maximum absolute atomic E-state index is 13.0. The van der Waals surface area contributed by atoms with Crippen molar-refractivity contribution in [3.05, 3.63) is 63.9 Å². The lowest BCUT2D eigenvalue weighted by molar-refractivity contribution is -0.858. The summed E-state index contributed by atoms with van der Waals surface area (Å²) in [5.74, 6) is 0.0808. The summed E-state index contributed by atoms with van der Waals surface area (Å²) < 4.78 is 1.71. The van der Waals surface area contributed by atoms with Crippen molar-refractivity contribution in [1.82, 2.24) is 9.55 Å². The third-order valence-corrected chi connectivity index (χ3v) is 5.86. The van der Waals surface area contributed by atoms with Crippen molar-refractivity contribution < 1.29 is 9.69 Å². The van der Waals surface area contributed by atoms with Crippen LogP contribution >= 0.6 is 11.8 Å². The molecule has 3 aromatic rings. The lowest BCUT2D eigenvalue weighted by Gasteiger charge is -2.14. The highest BCUT2D eigenvalue weighted by molar-refractivity contribution is 7.99. The number of amides is 1. The SMILES string of the molecule is Cc1ccc(C)c(NC(=O)CSc2nc3ccccc3c(=O)n2CCC[NH+](C)C)c1. The van der Waals surface area contributed by atoms with Gasteiger partial charge in [0.25, 0.3) is 5.56 Å². The normalized spacial score (nSPS) is 11.2. The molecule has 2 N–H and O–H groups in total. The van der Waals surface area contributed by atoms with Crippen LogP contribution in [0.4, 0.5) is 5.69 Å². The average Bonchev–Trinajstić information content (AvgIpc) is 2.71. The Balaban J connectivity index is 1.80. The number of anilines is 1. The Morgan fingerprint density at radius 1 is 1.17 bits per heavy atom.